The fraction of sp³-hybridized carbons (Fsp3) is 0.176. The Morgan fingerprint density at radius 3 is 2.50 bits per heavy atom. The molecular weight excluding hydrogens is 300 g/mol. The predicted octanol–water partition coefficient (Wildman–Crippen LogP) is 2.95. The first-order valence-electron chi connectivity index (χ1n) is 6.94. The van der Waals surface area contributed by atoms with Gasteiger partial charge in [0.15, 0.2) is 0 Å². The van der Waals surface area contributed by atoms with E-state index in [0.29, 0.717) is 10.6 Å². The highest BCUT2D eigenvalue weighted by molar-refractivity contribution is 6.30. The van der Waals surface area contributed by atoms with Crippen molar-refractivity contribution in [3.05, 3.63) is 70.7 Å². The Hall–Kier alpha value is -2.33. The highest BCUT2D eigenvalue weighted by Crippen LogP contribution is 2.17. The van der Waals surface area contributed by atoms with E-state index in [1.807, 2.05) is 25.1 Å². The summed E-state index contributed by atoms with van der Waals surface area (Å²) in [7, 11) is 0. The minimum absolute atomic E-state index is 0.0708. The molecule has 4 nitrogen and oxygen atoms in total. The predicted molar refractivity (Wildman–Crippen MR) is 86.8 cm³/mol. The zero-order valence-electron chi connectivity index (χ0n) is 12.2. The summed E-state index contributed by atoms with van der Waals surface area (Å²) < 4.78 is 0. The van der Waals surface area contributed by atoms with Gasteiger partial charge in [-0.2, -0.15) is 0 Å². The Morgan fingerprint density at radius 2 is 1.82 bits per heavy atom. The molecule has 114 valence electrons. The summed E-state index contributed by atoms with van der Waals surface area (Å²) in [6.45, 7) is 1.79. The number of rotatable bonds is 5. The van der Waals surface area contributed by atoms with Crippen LogP contribution in [0.25, 0.3) is 0 Å². The molecule has 1 unspecified atom stereocenters. The van der Waals surface area contributed by atoms with Crippen molar-refractivity contribution in [2.45, 2.75) is 13.0 Å². The highest BCUT2D eigenvalue weighted by atomic mass is 35.5. The number of benzene rings is 2. The second kappa shape index (κ2) is 7.61. The number of amides is 2. The van der Waals surface area contributed by atoms with Crippen molar-refractivity contribution >= 4 is 23.4 Å². The standard InChI is InChI=1S/C17H17ClN2O2/c1-12(14-8-5-9-15(18)10-14)20-16(21)11-19-17(22)13-6-3-2-4-7-13/h2-10,12H,11H2,1H3,(H,19,22)(H,20,21). The van der Waals surface area contributed by atoms with E-state index in [0.717, 1.165) is 5.56 Å². The number of nitrogens with one attached hydrogen (secondary N) is 2. The lowest BCUT2D eigenvalue weighted by atomic mass is 10.1. The number of carbonyl (C=O) groups excluding carboxylic acids is 2. The van der Waals surface area contributed by atoms with Gasteiger partial charge in [-0.15, -0.1) is 0 Å². The Bertz CT molecular complexity index is 659. The number of halogens is 1. The quantitative estimate of drug-likeness (QED) is 0.891. The molecule has 2 N–H and O–H groups in total. The molecule has 5 heteroatoms. The smallest absolute Gasteiger partial charge is 0.251 e. The Balaban J connectivity index is 1.84. The second-order valence-corrected chi connectivity index (χ2v) is 5.33. The van der Waals surface area contributed by atoms with Crippen LogP contribution in [-0.2, 0) is 4.79 Å². The van der Waals surface area contributed by atoms with Crippen molar-refractivity contribution in [3.8, 4) is 0 Å². The maximum absolute atomic E-state index is 11.9. The van der Waals surface area contributed by atoms with Crippen LogP contribution in [0.3, 0.4) is 0 Å². The normalized spacial score (nSPS) is 11.5. The summed E-state index contributed by atoms with van der Waals surface area (Å²) in [6.07, 6.45) is 0. The van der Waals surface area contributed by atoms with E-state index >= 15 is 0 Å². The van der Waals surface area contributed by atoms with Crippen LogP contribution in [0.15, 0.2) is 54.6 Å². The van der Waals surface area contributed by atoms with Crippen LogP contribution < -0.4 is 10.6 Å². The summed E-state index contributed by atoms with van der Waals surface area (Å²) in [5, 5.41) is 6.03. The molecule has 1 atom stereocenters. The molecule has 0 aliphatic carbocycles. The van der Waals surface area contributed by atoms with Gasteiger partial charge in [0.2, 0.25) is 5.91 Å². The van der Waals surface area contributed by atoms with Crippen LogP contribution in [-0.4, -0.2) is 18.4 Å². The summed E-state index contributed by atoms with van der Waals surface area (Å²) in [4.78, 5) is 23.7. The molecule has 0 aliphatic rings. The van der Waals surface area contributed by atoms with Gasteiger partial charge >= 0.3 is 0 Å². The molecule has 0 bridgehead atoms. The average molecular weight is 317 g/mol. The fourth-order valence-electron chi connectivity index (χ4n) is 2.00. The molecule has 0 radical (unpaired) electrons. The van der Waals surface area contributed by atoms with Crippen molar-refractivity contribution in [2.24, 2.45) is 0 Å². The molecular formula is C17H17ClN2O2. The second-order valence-electron chi connectivity index (χ2n) is 4.89. The molecule has 2 aromatic carbocycles. The van der Waals surface area contributed by atoms with E-state index in [1.165, 1.54) is 0 Å². The van der Waals surface area contributed by atoms with E-state index in [-0.39, 0.29) is 24.4 Å². The van der Waals surface area contributed by atoms with Crippen molar-refractivity contribution in [3.63, 3.8) is 0 Å². The Labute approximate surface area is 134 Å². The van der Waals surface area contributed by atoms with Crippen molar-refractivity contribution < 1.29 is 9.59 Å². The molecule has 0 fully saturated rings. The molecule has 22 heavy (non-hydrogen) atoms. The maximum Gasteiger partial charge on any atom is 0.251 e. The van der Waals surface area contributed by atoms with Gasteiger partial charge in [0.05, 0.1) is 12.6 Å². The van der Waals surface area contributed by atoms with E-state index in [2.05, 4.69) is 10.6 Å². The summed E-state index contributed by atoms with van der Waals surface area (Å²) >= 11 is 5.93. The largest absolute Gasteiger partial charge is 0.348 e. The third-order valence-corrected chi connectivity index (χ3v) is 3.41. The molecule has 0 heterocycles. The molecule has 0 aromatic heterocycles. The van der Waals surface area contributed by atoms with Crippen LogP contribution in [0, 0.1) is 0 Å². The molecule has 0 saturated carbocycles. The maximum atomic E-state index is 11.9. The van der Waals surface area contributed by atoms with Crippen LogP contribution in [0.2, 0.25) is 5.02 Å². The zero-order chi connectivity index (χ0) is 15.9. The Kier molecular flexibility index (Phi) is 5.55. The summed E-state index contributed by atoms with van der Waals surface area (Å²) in [5.74, 6) is -0.525. The van der Waals surface area contributed by atoms with Crippen LogP contribution >= 0.6 is 11.6 Å². The third kappa shape index (κ3) is 4.60. The molecule has 0 aliphatic heterocycles. The molecule has 2 rings (SSSR count). The highest BCUT2D eigenvalue weighted by Gasteiger charge is 2.11. The minimum atomic E-state index is -0.272. The lowest BCUT2D eigenvalue weighted by molar-refractivity contribution is -0.120. The van der Waals surface area contributed by atoms with Crippen LogP contribution in [0.4, 0.5) is 0 Å². The monoisotopic (exact) mass is 316 g/mol. The first-order chi connectivity index (χ1) is 10.6. The molecule has 0 spiro atoms. The molecule has 2 aromatic rings. The zero-order valence-corrected chi connectivity index (χ0v) is 12.9. The van der Waals surface area contributed by atoms with Gasteiger partial charge in [-0.25, -0.2) is 0 Å². The van der Waals surface area contributed by atoms with Gasteiger partial charge in [0.1, 0.15) is 0 Å². The van der Waals surface area contributed by atoms with Gasteiger partial charge in [-0.1, -0.05) is 41.9 Å². The SMILES string of the molecule is CC(NC(=O)CNC(=O)c1ccccc1)c1cccc(Cl)c1. The average Bonchev–Trinajstić information content (AvgIpc) is 2.53. The molecule has 2 amide bonds. The van der Waals surface area contributed by atoms with Crippen LogP contribution in [0.1, 0.15) is 28.9 Å². The summed E-state index contributed by atoms with van der Waals surface area (Å²) in [6, 6.07) is 15.9. The number of hydrogen-bond acceptors (Lipinski definition) is 2. The number of hydrogen-bond donors (Lipinski definition) is 2. The van der Waals surface area contributed by atoms with E-state index in [9.17, 15) is 9.59 Å². The minimum Gasteiger partial charge on any atom is -0.348 e. The van der Waals surface area contributed by atoms with Gasteiger partial charge in [-0.05, 0) is 36.8 Å². The first kappa shape index (κ1) is 16.0. The van der Waals surface area contributed by atoms with E-state index in [4.69, 9.17) is 11.6 Å². The summed E-state index contributed by atoms with van der Waals surface area (Å²) in [5.41, 5.74) is 1.44. The van der Waals surface area contributed by atoms with Gasteiger partial charge in [-0.3, -0.25) is 9.59 Å². The van der Waals surface area contributed by atoms with Crippen LogP contribution in [0.5, 0.6) is 0 Å². The van der Waals surface area contributed by atoms with Crippen molar-refractivity contribution in [1.29, 1.82) is 0 Å². The number of carbonyl (C=O) groups is 2. The molecule has 0 saturated heterocycles. The first-order valence-corrected chi connectivity index (χ1v) is 7.32. The lowest BCUT2D eigenvalue weighted by Gasteiger charge is -2.15. The Morgan fingerprint density at radius 1 is 1.09 bits per heavy atom. The van der Waals surface area contributed by atoms with Crippen molar-refractivity contribution in [2.75, 3.05) is 6.54 Å². The third-order valence-electron chi connectivity index (χ3n) is 3.17. The van der Waals surface area contributed by atoms with Gasteiger partial charge in [0.25, 0.3) is 5.91 Å². The van der Waals surface area contributed by atoms with E-state index < -0.39 is 0 Å². The topological polar surface area (TPSA) is 58.2 Å². The lowest BCUT2D eigenvalue weighted by Crippen LogP contribution is -2.38. The fourth-order valence-corrected chi connectivity index (χ4v) is 2.20. The van der Waals surface area contributed by atoms with Gasteiger partial charge < -0.3 is 10.6 Å². The van der Waals surface area contributed by atoms with Crippen molar-refractivity contribution in [1.82, 2.24) is 10.6 Å². The van der Waals surface area contributed by atoms with E-state index in [1.54, 1.807) is 36.4 Å². The van der Waals surface area contributed by atoms with Gasteiger partial charge in [0, 0.05) is 10.6 Å².